The van der Waals surface area contributed by atoms with Crippen LogP contribution in [0.15, 0.2) is 23.4 Å². The number of carbonyl (C=O) groups is 1. The summed E-state index contributed by atoms with van der Waals surface area (Å²) in [5.74, 6) is 6.48. The van der Waals surface area contributed by atoms with Crippen molar-refractivity contribution in [2.75, 3.05) is 11.6 Å². The number of hydrogen-bond acceptors (Lipinski definition) is 5. The van der Waals surface area contributed by atoms with Gasteiger partial charge in [-0.05, 0) is 39.0 Å². The Balaban J connectivity index is 2.14. The highest BCUT2D eigenvalue weighted by molar-refractivity contribution is 7.99. The molecule has 9 heteroatoms. The van der Waals surface area contributed by atoms with E-state index in [2.05, 4.69) is 15.5 Å². The first-order valence-electron chi connectivity index (χ1n) is 6.77. The van der Waals surface area contributed by atoms with Crippen molar-refractivity contribution in [2.24, 2.45) is 0 Å². The molecular weight excluding hydrogens is 357 g/mol. The lowest BCUT2D eigenvalue weighted by molar-refractivity contribution is -0.119. The molecule has 0 aliphatic carbocycles. The lowest BCUT2D eigenvalue weighted by Gasteiger charge is -2.20. The van der Waals surface area contributed by atoms with Gasteiger partial charge < -0.3 is 11.2 Å². The first kappa shape index (κ1) is 17.9. The van der Waals surface area contributed by atoms with Gasteiger partial charge in [-0.1, -0.05) is 35.0 Å². The van der Waals surface area contributed by atoms with Crippen molar-refractivity contribution >= 4 is 40.9 Å². The standard InChI is InChI=1S/C14H17Cl2N5OS/c1-14(2,3)18-11(22)7-23-13-20-19-12(21(13)17)9-6-8(15)4-5-10(9)16/h4-6H,7,17H2,1-3H3,(H,18,22). The van der Waals surface area contributed by atoms with E-state index >= 15 is 0 Å². The number of amides is 1. The van der Waals surface area contributed by atoms with E-state index in [-0.39, 0.29) is 17.2 Å². The molecule has 0 bridgehead atoms. The van der Waals surface area contributed by atoms with Gasteiger partial charge in [-0.15, -0.1) is 10.2 Å². The molecule has 0 spiro atoms. The molecule has 1 amide bonds. The number of nitrogens with one attached hydrogen (secondary N) is 1. The minimum atomic E-state index is -0.284. The molecule has 124 valence electrons. The first-order chi connectivity index (χ1) is 10.7. The fraction of sp³-hybridized carbons (Fsp3) is 0.357. The minimum Gasteiger partial charge on any atom is -0.351 e. The zero-order valence-corrected chi connectivity index (χ0v) is 15.3. The van der Waals surface area contributed by atoms with Crippen molar-refractivity contribution in [3.63, 3.8) is 0 Å². The van der Waals surface area contributed by atoms with Gasteiger partial charge in [0.05, 0.1) is 10.8 Å². The Kier molecular flexibility index (Phi) is 5.44. The number of nitrogens with two attached hydrogens (primary N) is 1. The number of benzene rings is 1. The van der Waals surface area contributed by atoms with Gasteiger partial charge in [-0.25, -0.2) is 4.68 Å². The minimum absolute atomic E-state index is 0.104. The van der Waals surface area contributed by atoms with Crippen molar-refractivity contribution in [3.8, 4) is 11.4 Å². The van der Waals surface area contributed by atoms with E-state index in [1.165, 1.54) is 16.4 Å². The van der Waals surface area contributed by atoms with Crippen LogP contribution in [0.5, 0.6) is 0 Å². The van der Waals surface area contributed by atoms with Gasteiger partial charge in [0, 0.05) is 16.1 Å². The second kappa shape index (κ2) is 6.98. The Labute approximate surface area is 148 Å². The van der Waals surface area contributed by atoms with Crippen molar-refractivity contribution in [1.29, 1.82) is 0 Å². The average molecular weight is 374 g/mol. The molecule has 0 aliphatic rings. The molecule has 0 saturated carbocycles. The zero-order chi connectivity index (χ0) is 17.2. The van der Waals surface area contributed by atoms with Crippen LogP contribution in [0.2, 0.25) is 10.0 Å². The lowest BCUT2D eigenvalue weighted by atomic mass is 10.1. The summed E-state index contributed by atoms with van der Waals surface area (Å²) >= 11 is 13.3. The molecule has 2 rings (SSSR count). The molecule has 0 aliphatic heterocycles. The van der Waals surface area contributed by atoms with Gasteiger partial charge >= 0.3 is 0 Å². The average Bonchev–Trinajstić information content (AvgIpc) is 2.78. The topological polar surface area (TPSA) is 85.8 Å². The van der Waals surface area contributed by atoms with Crippen molar-refractivity contribution in [3.05, 3.63) is 28.2 Å². The van der Waals surface area contributed by atoms with Gasteiger partial charge in [0.25, 0.3) is 0 Å². The molecule has 6 nitrogen and oxygen atoms in total. The van der Waals surface area contributed by atoms with Crippen LogP contribution in [0.4, 0.5) is 0 Å². The summed E-state index contributed by atoms with van der Waals surface area (Å²) in [5.41, 5.74) is 0.299. The fourth-order valence-corrected chi connectivity index (χ4v) is 2.84. The monoisotopic (exact) mass is 373 g/mol. The summed E-state index contributed by atoms with van der Waals surface area (Å²) in [4.78, 5) is 11.9. The second-order valence-electron chi connectivity index (χ2n) is 5.89. The summed E-state index contributed by atoms with van der Waals surface area (Å²) < 4.78 is 1.30. The van der Waals surface area contributed by atoms with Crippen LogP contribution in [0.25, 0.3) is 11.4 Å². The highest BCUT2D eigenvalue weighted by atomic mass is 35.5. The van der Waals surface area contributed by atoms with Crippen LogP contribution < -0.4 is 11.2 Å². The molecular formula is C14H17Cl2N5OS. The van der Waals surface area contributed by atoms with Crippen LogP contribution in [0, 0.1) is 0 Å². The molecule has 1 aromatic heterocycles. The number of hydrogen-bond donors (Lipinski definition) is 2. The molecule has 0 fully saturated rings. The van der Waals surface area contributed by atoms with E-state index in [1.54, 1.807) is 18.2 Å². The number of thioether (sulfide) groups is 1. The Morgan fingerprint density at radius 1 is 1.35 bits per heavy atom. The molecule has 0 saturated heterocycles. The van der Waals surface area contributed by atoms with Gasteiger partial charge in [0.1, 0.15) is 0 Å². The third kappa shape index (κ3) is 4.76. The number of carbonyl (C=O) groups excluding carboxylic acids is 1. The van der Waals surface area contributed by atoms with Gasteiger partial charge in [-0.2, -0.15) is 0 Å². The predicted molar refractivity (Wildman–Crippen MR) is 94.2 cm³/mol. The Bertz CT molecular complexity index is 726. The number of nitrogens with zero attached hydrogens (tertiary/aromatic N) is 3. The first-order valence-corrected chi connectivity index (χ1v) is 8.51. The van der Waals surface area contributed by atoms with E-state index < -0.39 is 0 Å². The van der Waals surface area contributed by atoms with Crippen molar-refractivity contribution < 1.29 is 4.79 Å². The van der Waals surface area contributed by atoms with E-state index in [0.29, 0.717) is 26.6 Å². The molecule has 1 aromatic carbocycles. The molecule has 3 N–H and O–H groups in total. The molecule has 0 atom stereocenters. The zero-order valence-electron chi connectivity index (χ0n) is 12.9. The van der Waals surface area contributed by atoms with E-state index in [4.69, 9.17) is 29.0 Å². The number of aromatic nitrogens is 3. The highest BCUT2D eigenvalue weighted by Crippen LogP contribution is 2.30. The quantitative estimate of drug-likeness (QED) is 0.635. The smallest absolute Gasteiger partial charge is 0.230 e. The number of nitrogen functional groups attached to an aromatic ring is 1. The summed E-state index contributed by atoms with van der Waals surface area (Å²) in [6.45, 7) is 5.75. The largest absolute Gasteiger partial charge is 0.351 e. The lowest BCUT2D eigenvalue weighted by Crippen LogP contribution is -2.41. The maximum absolute atomic E-state index is 11.9. The number of halogens is 2. The number of rotatable bonds is 4. The third-order valence-electron chi connectivity index (χ3n) is 2.68. The van der Waals surface area contributed by atoms with Crippen LogP contribution in [-0.2, 0) is 4.79 Å². The van der Waals surface area contributed by atoms with Crippen LogP contribution >= 0.6 is 35.0 Å². The van der Waals surface area contributed by atoms with Crippen molar-refractivity contribution in [1.82, 2.24) is 20.2 Å². The molecule has 0 unspecified atom stereocenters. The van der Waals surface area contributed by atoms with Gasteiger partial charge in [0.2, 0.25) is 11.1 Å². The SMILES string of the molecule is CC(C)(C)NC(=O)CSc1nnc(-c2cc(Cl)ccc2Cl)n1N. The maximum atomic E-state index is 11.9. The van der Waals surface area contributed by atoms with Crippen molar-refractivity contribution in [2.45, 2.75) is 31.5 Å². The summed E-state index contributed by atoms with van der Waals surface area (Å²) in [6, 6.07) is 5.01. The van der Waals surface area contributed by atoms with Gasteiger partial charge in [-0.3, -0.25) is 4.79 Å². The third-order valence-corrected chi connectivity index (χ3v) is 4.19. The normalized spacial score (nSPS) is 11.5. The van der Waals surface area contributed by atoms with Crippen LogP contribution in [-0.4, -0.2) is 32.1 Å². The molecule has 23 heavy (non-hydrogen) atoms. The van der Waals surface area contributed by atoms with Crippen LogP contribution in [0.1, 0.15) is 20.8 Å². The van der Waals surface area contributed by atoms with Crippen LogP contribution in [0.3, 0.4) is 0 Å². The predicted octanol–water partition coefficient (Wildman–Crippen LogP) is 2.97. The van der Waals surface area contributed by atoms with E-state index in [1.807, 2.05) is 20.8 Å². The summed E-state index contributed by atoms with van der Waals surface area (Å²) in [7, 11) is 0. The molecule has 2 aromatic rings. The summed E-state index contributed by atoms with van der Waals surface area (Å²) in [6.07, 6.45) is 0. The maximum Gasteiger partial charge on any atom is 0.230 e. The van der Waals surface area contributed by atoms with E-state index in [9.17, 15) is 4.79 Å². The fourth-order valence-electron chi connectivity index (χ4n) is 1.81. The molecule has 0 radical (unpaired) electrons. The Morgan fingerprint density at radius 3 is 2.70 bits per heavy atom. The Hall–Kier alpha value is -1.44. The second-order valence-corrected chi connectivity index (χ2v) is 7.67. The van der Waals surface area contributed by atoms with E-state index in [0.717, 1.165) is 0 Å². The van der Waals surface area contributed by atoms with Gasteiger partial charge in [0.15, 0.2) is 5.82 Å². The molecule has 1 heterocycles. The Morgan fingerprint density at radius 2 is 2.04 bits per heavy atom. The summed E-state index contributed by atoms with van der Waals surface area (Å²) in [5, 5.41) is 12.3. The highest BCUT2D eigenvalue weighted by Gasteiger charge is 2.18.